The molecular formula is C22H23FN2O5. The van der Waals surface area contributed by atoms with Gasteiger partial charge in [0.2, 0.25) is 0 Å². The molecule has 0 saturated carbocycles. The second kappa shape index (κ2) is 7.14. The largest absolute Gasteiger partial charge is 0.342 e. The van der Waals surface area contributed by atoms with Gasteiger partial charge < -0.3 is 9.47 Å². The van der Waals surface area contributed by atoms with Crippen molar-refractivity contribution >= 4 is 5.91 Å². The quantitative estimate of drug-likeness (QED) is 0.772. The van der Waals surface area contributed by atoms with Crippen LogP contribution in [0, 0.1) is 6.92 Å². The molecule has 1 saturated heterocycles. The molecule has 2 aliphatic rings. The van der Waals surface area contributed by atoms with Crippen LogP contribution in [0.5, 0.6) is 0 Å². The van der Waals surface area contributed by atoms with Crippen molar-refractivity contribution in [3.8, 4) is 0 Å². The Bertz CT molecular complexity index is 1160. The van der Waals surface area contributed by atoms with E-state index in [-0.39, 0.29) is 11.1 Å². The van der Waals surface area contributed by atoms with Gasteiger partial charge in [0, 0.05) is 17.3 Å². The molecule has 0 radical (unpaired) electrons. The van der Waals surface area contributed by atoms with E-state index >= 15 is 4.39 Å². The number of halogens is 1. The maximum atomic E-state index is 15.4. The van der Waals surface area contributed by atoms with E-state index in [4.69, 9.17) is 9.47 Å². The minimum absolute atomic E-state index is 0.145. The standard InChI is InChI=1S/C22H23FN2O5/c1-5-14-15(23)16(18-17(14)29-22(3,4)30-18)24-11-12(2)19(26)25(21(24)28)20(27)13-9-7-6-8-10-13/h6-11,16-18H,5H2,1-4H3/t16-,17-,18+/m1/s1. The second-order valence-corrected chi connectivity index (χ2v) is 8.01. The Hall–Kier alpha value is -2.84. The van der Waals surface area contributed by atoms with Gasteiger partial charge >= 0.3 is 5.69 Å². The highest BCUT2D eigenvalue weighted by molar-refractivity contribution is 5.95. The number of aryl methyl sites for hydroxylation is 1. The first-order valence-electron chi connectivity index (χ1n) is 9.85. The van der Waals surface area contributed by atoms with Crippen molar-refractivity contribution in [1.82, 2.24) is 9.13 Å². The fourth-order valence-electron chi connectivity index (χ4n) is 4.20. The third kappa shape index (κ3) is 3.07. The van der Waals surface area contributed by atoms with Gasteiger partial charge in [-0.2, -0.15) is 4.57 Å². The average Bonchev–Trinajstić information content (AvgIpc) is 3.14. The van der Waals surface area contributed by atoms with Gasteiger partial charge in [-0.1, -0.05) is 25.1 Å². The smallest absolute Gasteiger partial charge is 0.338 e. The van der Waals surface area contributed by atoms with E-state index in [1.807, 2.05) is 0 Å². The molecule has 4 rings (SSSR count). The fraction of sp³-hybridized carbons (Fsp3) is 0.409. The highest BCUT2D eigenvalue weighted by Crippen LogP contribution is 2.48. The zero-order chi connectivity index (χ0) is 21.8. The van der Waals surface area contributed by atoms with Gasteiger partial charge in [0.1, 0.15) is 24.1 Å². The number of rotatable bonds is 3. The van der Waals surface area contributed by atoms with Crippen LogP contribution in [0.2, 0.25) is 0 Å². The Balaban J connectivity index is 1.89. The van der Waals surface area contributed by atoms with Crippen LogP contribution in [0.15, 0.2) is 57.5 Å². The number of hydrogen-bond donors (Lipinski definition) is 0. The van der Waals surface area contributed by atoms with Gasteiger partial charge in [0.25, 0.3) is 11.5 Å². The number of carbonyl (C=O) groups is 1. The third-order valence-corrected chi connectivity index (χ3v) is 5.54. The van der Waals surface area contributed by atoms with Crippen LogP contribution in [0.4, 0.5) is 4.39 Å². The molecular weight excluding hydrogens is 391 g/mol. The van der Waals surface area contributed by atoms with Crippen molar-refractivity contribution in [2.75, 3.05) is 0 Å². The highest BCUT2D eigenvalue weighted by Gasteiger charge is 2.54. The van der Waals surface area contributed by atoms with Crippen molar-refractivity contribution in [2.45, 2.75) is 58.2 Å². The molecule has 1 aromatic carbocycles. The number of benzene rings is 1. The van der Waals surface area contributed by atoms with Crippen molar-refractivity contribution in [3.05, 3.63) is 79.9 Å². The number of hydrogen-bond acceptors (Lipinski definition) is 5. The topological polar surface area (TPSA) is 79.5 Å². The Morgan fingerprint density at radius 1 is 1.17 bits per heavy atom. The molecule has 1 aromatic heterocycles. The van der Waals surface area contributed by atoms with Gasteiger partial charge in [-0.05, 0) is 44.9 Å². The molecule has 0 bridgehead atoms. The Morgan fingerprint density at radius 3 is 2.47 bits per heavy atom. The molecule has 0 N–H and O–H groups in total. The third-order valence-electron chi connectivity index (χ3n) is 5.54. The van der Waals surface area contributed by atoms with E-state index in [0.717, 1.165) is 4.57 Å². The number of fused-ring (bicyclic) bond motifs is 1. The van der Waals surface area contributed by atoms with Crippen LogP contribution in [0.3, 0.4) is 0 Å². The van der Waals surface area contributed by atoms with Crippen LogP contribution >= 0.6 is 0 Å². The first-order chi connectivity index (χ1) is 14.2. The SMILES string of the molecule is CCC1=C(F)[C@@H](n2cc(C)c(=O)n(C(=O)c3ccccc3)c2=O)[C@@H]2OC(C)(C)O[C@H]12. The predicted octanol–water partition coefficient (Wildman–Crippen LogP) is 2.72. The molecule has 0 amide bonds. The molecule has 30 heavy (non-hydrogen) atoms. The molecule has 3 atom stereocenters. The lowest BCUT2D eigenvalue weighted by molar-refractivity contribution is -0.149. The van der Waals surface area contributed by atoms with Crippen LogP contribution in [-0.2, 0) is 9.47 Å². The number of ether oxygens (including phenoxy) is 2. The van der Waals surface area contributed by atoms with E-state index in [1.54, 1.807) is 39.0 Å². The summed E-state index contributed by atoms with van der Waals surface area (Å²) in [5.41, 5.74) is -0.892. The first-order valence-corrected chi connectivity index (χ1v) is 9.85. The zero-order valence-corrected chi connectivity index (χ0v) is 17.2. The normalized spacial score (nSPS) is 24.9. The van der Waals surface area contributed by atoms with Crippen LogP contribution in [0.25, 0.3) is 0 Å². The minimum atomic E-state index is -1.12. The lowest BCUT2D eigenvalue weighted by Crippen LogP contribution is -2.47. The monoisotopic (exact) mass is 414 g/mol. The predicted molar refractivity (Wildman–Crippen MR) is 107 cm³/mol. The number of carbonyl (C=O) groups excluding carboxylic acids is 1. The van der Waals surface area contributed by atoms with E-state index < -0.39 is 47.0 Å². The molecule has 7 nitrogen and oxygen atoms in total. The highest BCUT2D eigenvalue weighted by atomic mass is 19.1. The molecule has 1 aliphatic carbocycles. The van der Waals surface area contributed by atoms with Crippen molar-refractivity contribution in [1.29, 1.82) is 0 Å². The molecule has 1 aliphatic heterocycles. The van der Waals surface area contributed by atoms with E-state index in [1.165, 1.54) is 25.3 Å². The molecule has 2 heterocycles. The summed E-state index contributed by atoms with van der Waals surface area (Å²) in [6, 6.07) is 6.90. The molecule has 0 unspecified atom stereocenters. The van der Waals surface area contributed by atoms with Gasteiger partial charge in [-0.3, -0.25) is 14.2 Å². The first kappa shape index (κ1) is 20.4. The average molecular weight is 414 g/mol. The zero-order valence-electron chi connectivity index (χ0n) is 17.2. The van der Waals surface area contributed by atoms with Crippen molar-refractivity contribution in [2.24, 2.45) is 0 Å². The molecule has 2 aromatic rings. The Kier molecular flexibility index (Phi) is 4.86. The van der Waals surface area contributed by atoms with Crippen LogP contribution < -0.4 is 11.2 Å². The minimum Gasteiger partial charge on any atom is -0.342 e. The Labute approximate surface area is 172 Å². The second-order valence-electron chi connectivity index (χ2n) is 8.01. The van der Waals surface area contributed by atoms with Crippen LogP contribution in [0.1, 0.15) is 49.2 Å². The van der Waals surface area contributed by atoms with Gasteiger partial charge in [0.15, 0.2) is 5.79 Å². The summed E-state index contributed by atoms with van der Waals surface area (Å²) in [6.45, 7) is 6.73. The van der Waals surface area contributed by atoms with E-state index in [0.29, 0.717) is 16.6 Å². The summed E-state index contributed by atoms with van der Waals surface area (Å²) in [4.78, 5) is 38.9. The summed E-state index contributed by atoms with van der Waals surface area (Å²) in [7, 11) is 0. The van der Waals surface area contributed by atoms with Crippen molar-refractivity contribution in [3.63, 3.8) is 0 Å². The molecule has 158 valence electrons. The van der Waals surface area contributed by atoms with E-state index in [9.17, 15) is 14.4 Å². The maximum absolute atomic E-state index is 15.4. The summed E-state index contributed by atoms with van der Waals surface area (Å²) in [5.74, 6) is -2.23. The summed E-state index contributed by atoms with van der Waals surface area (Å²) >= 11 is 0. The lowest BCUT2D eigenvalue weighted by atomic mass is 10.1. The molecule has 0 spiro atoms. The molecule has 1 fully saturated rings. The Morgan fingerprint density at radius 2 is 1.83 bits per heavy atom. The fourth-order valence-corrected chi connectivity index (χ4v) is 4.20. The summed E-state index contributed by atoms with van der Waals surface area (Å²) < 4.78 is 28.8. The lowest BCUT2D eigenvalue weighted by Gasteiger charge is -2.24. The van der Waals surface area contributed by atoms with Crippen molar-refractivity contribution < 1.29 is 18.7 Å². The summed E-state index contributed by atoms with van der Waals surface area (Å²) in [5, 5.41) is 0. The van der Waals surface area contributed by atoms with E-state index in [2.05, 4.69) is 0 Å². The maximum Gasteiger partial charge on any atom is 0.338 e. The van der Waals surface area contributed by atoms with Crippen LogP contribution in [-0.4, -0.2) is 33.0 Å². The number of aromatic nitrogens is 2. The number of nitrogens with zero attached hydrogens (tertiary/aromatic N) is 2. The summed E-state index contributed by atoms with van der Waals surface area (Å²) in [6.07, 6.45) is 0.269. The van der Waals surface area contributed by atoms with Gasteiger partial charge in [0.05, 0.1) is 0 Å². The van der Waals surface area contributed by atoms with Gasteiger partial charge in [-0.15, -0.1) is 0 Å². The molecule has 8 heteroatoms. The van der Waals surface area contributed by atoms with Gasteiger partial charge in [-0.25, -0.2) is 9.18 Å².